The van der Waals surface area contributed by atoms with Crippen molar-refractivity contribution in [3.63, 3.8) is 0 Å². The average molecular weight is 524 g/mol. The molecule has 187 valence electrons. The van der Waals surface area contributed by atoms with Gasteiger partial charge in [-0.2, -0.15) is 0 Å². The average Bonchev–Trinajstić information content (AvgIpc) is 3.14. The maximum absolute atomic E-state index is 4.28. The molecule has 5 rings (SSSR count). The van der Waals surface area contributed by atoms with Crippen LogP contribution in [0.3, 0.4) is 0 Å². The van der Waals surface area contributed by atoms with Crippen LogP contribution in [0.25, 0.3) is 0 Å². The van der Waals surface area contributed by atoms with Gasteiger partial charge in [-0.15, -0.1) is 18.6 Å². The summed E-state index contributed by atoms with van der Waals surface area (Å²) >= 11 is 0. The first kappa shape index (κ1) is 26.2. The molecule has 1 heterocycles. The van der Waals surface area contributed by atoms with Crippen LogP contribution in [0, 0.1) is 0 Å². The normalized spacial score (nSPS) is 15.2. The number of hydrogen-bond acceptors (Lipinski definition) is 0. The Kier molecular flexibility index (Phi) is 8.57. The molecular weight excluding hydrogens is 487 g/mol. The van der Waals surface area contributed by atoms with Crippen molar-refractivity contribution >= 4 is 44.3 Å². The highest BCUT2D eigenvalue weighted by Gasteiger charge is 2.48. The van der Waals surface area contributed by atoms with Crippen molar-refractivity contribution in [2.45, 2.75) is 31.5 Å². The van der Waals surface area contributed by atoms with Gasteiger partial charge in [0.2, 0.25) is 0 Å². The molecule has 1 radical (unpaired) electrons. The molecule has 0 nitrogen and oxygen atoms in total. The van der Waals surface area contributed by atoms with E-state index < -0.39 is 16.9 Å². The van der Waals surface area contributed by atoms with E-state index in [2.05, 4.69) is 147 Å². The molecule has 0 N–H and O–H groups in total. The lowest BCUT2D eigenvalue weighted by atomic mass is 9.39. The van der Waals surface area contributed by atoms with Gasteiger partial charge in [0.25, 0.3) is 0 Å². The van der Waals surface area contributed by atoms with Crippen LogP contribution in [0.5, 0.6) is 0 Å². The lowest BCUT2D eigenvalue weighted by Crippen LogP contribution is -2.66. The van der Waals surface area contributed by atoms with E-state index in [0.29, 0.717) is 6.71 Å². The zero-order chi connectivity index (χ0) is 26.2. The van der Waals surface area contributed by atoms with Gasteiger partial charge < -0.3 is 0 Å². The predicted octanol–water partition coefficient (Wildman–Crippen LogP) is 6.13. The maximum atomic E-state index is 4.28. The summed E-state index contributed by atoms with van der Waals surface area (Å²) < 4.78 is 0. The summed E-state index contributed by atoms with van der Waals surface area (Å²) in [7, 11) is -3.66. The van der Waals surface area contributed by atoms with E-state index in [1.54, 1.807) is 10.3 Å². The van der Waals surface area contributed by atoms with Crippen molar-refractivity contribution in [2.24, 2.45) is 0 Å². The molecule has 0 saturated carbocycles. The molecule has 1 aliphatic rings. The van der Waals surface area contributed by atoms with E-state index in [4.69, 9.17) is 0 Å². The Labute approximate surface area is 232 Å². The molecule has 0 atom stereocenters. The zero-order valence-electron chi connectivity index (χ0n) is 22.2. The Morgan fingerprint density at radius 2 is 1.13 bits per heavy atom. The predicted molar refractivity (Wildman–Crippen MR) is 173 cm³/mol. The van der Waals surface area contributed by atoms with Crippen LogP contribution in [0.2, 0.25) is 18.7 Å². The summed E-state index contributed by atoms with van der Waals surface area (Å²) in [6.45, 7) is 8.98. The molecule has 1 aliphatic heterocycles. The molecule has 0 amide bonds. The standard InChI is InChI=1S/C35H36BSi2/c1-3-18-34-35(37(30-19-9-5-10-20-30)31-21-11-6-12-22-31)38(32-23-13-7-14-24-32,33-25-15-8-16-26-33)29-17-28-36(34)27-4-2/h3-16,19-26H,1-2,17-18,27-29H2. The van der Waals surface area contributed by atoms with Crippen LogP contribution >= 0.6 is 0 Å². The Bertz CT molecular complexity index is 1290. The molecule has 4 aromatic carbocycles. The molecule has 4 aromatic rings. The summed E-state index contributed by atoms with van der Waals surface area (Å²) in [6, 6.07) is 47.0. The van der Waals surface area contributed by atoms with E-state index in [-0.39, 0.29) is 0 Å². The Morgan fingerprint density at radius 3 is 1.58 bits per heavy atom. The second-order valence-corrected chi connectivity index (χ2v) is 17.1. The molecule has 0 aromatic heterocycles. The minimum absolute atomic E-state index is 0.509. The van der Waals surface area contributed by atoms with Crippen LogP contribution in [0.1, 0.15) is 12.8 Å². The number of benzene rings is 4. The van der Waals surface area contributed by atoms with E-state index in [9.17, 15) is 0 Å². The minimum Gasteiger partial charge on any atom is -0.104 e. The zero-order valence-corrected chi connectivity index (χ0v) is 24.2. The van der Waals surface area contributed by atoms with Crippen LogP contribution in [0.4, 0.5) is 0 Å². The van der Waals surface area contributed by atoms with Crippen LogP contribution in [-0.4, -0.2) is 23.6 Å². The molecular formula is C35H36BSi2. The lowest BCUT2D eigenvalue weighted by molar-refractivity contribution is 1.04. The Morgan fingerprint density at radius 1 is 0.658 bits per heavy atom. The first-order valence-corrected chi connectivity index (χ1v) is 17.5. The number of hydrogen-bond donors (Lipinski definition) is 0. The monoisotopic (exact) mass is 523 g/mol. The first-order chi connectivity index (χ1) is 18.8. The van der Waals surface area contributed by atoms with E-state index in [0.717, 1.165) is 12.7 Å². The van der Waals surface area contributed by atoms with Crippen molar-refractivity contribution in [1.29, 1.82) is 0 Å². The summed E-state index contributed by atoms with van der Waals surface area (Å²) in [4.78, 5) is 1.77. The summed E-state index contributed by atoms with van der Waals surface area (Å²) in [6.07, 6.45) is 8.71. The summed E-state index contributed by atoms with van der Waals surface area (Å²) in [5.41, 5.74) is 1.64. The molecule has 0 unspecified atom stereocenters. The third kappa shape index (κ3) is 5.14. The third-order valence-corrected chi connectivity index (χ3v) is 17.7. The van der Waals surface area contributed by atoms with E-state index in [1.807, 2.05) is 0 Å². The Balaban J connectivity index is 1.95. The third-order valence-electron chi connectivity index (χ3n) is 8.07. The second kappa shape index (κ2) is 12.4. The quantitative estimate of drug-likeness (QED) is 0.183. The first-order valence-electron chi connectivity index (χ1n) is 13.8. The van der Waals surface area contributed by atoms with Gasteiger partial charge in [0.05, 0.1) is 0 Å². The molecule has 38 heavy (non-hydrogen) atoms. The topological polar surface area (TPSA) is 0 Å². The fourth-order valence-corrected chi connectivity index (χ4v) is 17.8. The maximum Gasteiger partial charge on any atom is 0.173 e. The van der Waals surface area contributed by atoms with Crippen molar-refractivity contribution in [3.8, 4) is 0 Å². The SMILES string of the molecule is C=CCB1CCC[Si](c2ccccc2)(c2ccccc2)C([Si](c2ccccc2)c2ccccc2)=C1CC=C. The number of allylic oxidation sites excluding steroid dienone is 3. The van der Waals surface area contributed by atoms with Gasteiger partial charge in [-0.1, -0.05) is 178 Å². The lowest BCUT2D eigenvalue weighted by Gasteiger charge is -2.40. The van der Waals surface area contributed by atoms with Crippen molar-refractivity contribution in [3.05, 3.63) is 157 Å². The second-order valence-electron chi connectivity index (χ2n) is 10.3. The van der Waals surface area contributed by atoms with Crippen molar-refractivity contribution in [1.82, 2.24) is 0 Å². The van der Waals surface area contributed by atoms with Gasteiger partial charge in [0, 0.05) is 0 Å². The van der Waals surface area contributed by atoms with Crippen LogP contribution < -0.4 is 20.7 Å². The molecule has 3 heteroatoms. The van der Waals surface area contributed by atoms with Gasteiger partial charge in [0.15, 0.2) is 6.71 Å². The number of rotatable bonds is 9. The fraction of sp³-hybridized carbons (Fsp3) is 0.143. The van der Waals surface area contributed by atoms with E-state index in [1.165, 1.54) is 39.5 Å². The van der Waals surface area contributed by atoms with Gasteiger partial charge in [-0.05, 0) is 12.5 Å². The Hall–Kier alpha value is -3.40. The van der Waals surface area contributed by atoms with Gasteiger partial charge in [-0.3, -0.25) is 0 Å². The van der Waals surface area contributed by atoms with E-state index >= 15 is 0 Å². The molecule has 0 spiro atoms. The molecule has 0 saturated heterocycles. The summed E-state index contributed by atoms with van der Waals surface area (Å²) in [5, 5.41) is 6.03. The minimum atomic E-state index is -2.37. The highest BCUT2D eigenvalue weighted by Crippen LogP contribution is 2.36. The van der Waals surface area contributed by atoms with Crippen molar-refractivity contribution in [2.75, 3.05) is 0 Å². The van der Waals surface area contributed by atoms with Gasteiger partial charge in [-0.25, -0.2) is 0 Å². The summed E-state index contributed by atoms with van der Waals surface area (Å²) in [5.74, 6) is 0. The smallest absolute Gasteiger partial charge is 0.104 e. The fourth-order valence-electron chi connectivity index (χ4n) is 6.50. The van der Waals surface area contributed by atoms with Gasteiger partial charge in [0.1, 0.15) is 16.9 Å². The molecule has 0 aliphatic carbocycles. The molecule has 0 fully saturated rings. The van der Waals surface area contributed by atoms with Crippen LogP contribution in [-0.2, 0) is 0 Å². The largest absolute Gasteiger partial charge is 0.173 e. The van der Waals surface area contributed by atoms with Crippen molar-refractivity contribution < 1.29 is 0 Å². The highest BCUT2D eigenvalue weighted by molar-refractivity contribution is 7.20. The van der Waals surface area contributed by atoms with Crippen LogP contribution in [0.15, 0.2) is 157 Å². The highest BCUT2D eigenvalue weighted by atomic mass is 28.4. The molecule has 0 bridgehead atoms. The van der Waals surface area contributed by atoms with Gasteiger partial charge >= 0.3 is 0 Å².